The van der Waals surface area contributed by atoms with E-state index >= 15 is 0 Å². The maximum atomic E-state index is 13.4. The van der Waals surface area contributed by atoms with Gasteiger partial charge in [-0.05, 0) is 13.0 Å². The van der Waals surface area contributed by atoms with Crippen LogP contribution in [0.5, 0.6) is 0 Å². The number of halogens is 3. The Hall–Kier alpha value is -3.02. The molecule has 0 bridgehead atoms. The predicted molar refractivity (Wildman–Crippen MR) is 98.7 cm³/mol. The lowest BCUT2D eigenvalue weighted by molar-refractivity contribution is 0.614. The minimum Gasteiger partial charge on any atom is -0.285 e. The average Bonchev–Trinajstić information content (AvgIpc) is 2.62. The molecule has 7 nitrogen and oxygen atoms in total. The van der Waals surface area contributed by atoms with Gasteiger partial charge in [0.25, 0.3) is 5.56 Å². The molecule has 0 spiro atoms. The predicted octanol–water partition coefficient (Wildman–Crippen LogP) is 2.24. The van der Waals surface area contributed by atoms with Crippen LogP contribution in [0.1, 0.15) is 5.69 Å². The van der Waals surface area contributed by atoms with Crippen molar-refractivity contribution in [2.45, 2.75) is 13.5 Å². The molecule has 3 rings (SSSR count). The second-order valence-corrected chi connectivity index (χ2v) is 6.16. The zero-order chi connectivity index (χ0) is 19.7. The molecule has 0 aliphatic carbocycles. The maximum absolute atomic E-state index is 13.4. The van der Waals surface area contributed by atoms with Gasteiger partial charge in [0.05, 0.1) is 29.6 Å². The van der Waals surface area contributed by atoms with E-state index in [0.717, 1.165) is 10.8 Å². The van der Waals surface area contributed by atoms with E-state index in [9.17, 15) is 14.0 Å². The second-order valence-electron chi connectivity index (χ2n) is 5.37. The Morgan fingerprint density at radius 1 is 1.26 bits per heavy atom. The fraction of sp³-hybridized carbons (Fsp3) is 0.118. The Morgan fingerprint density at radius 3 is 2.63 bits per heavy atom. The number of aromatic nitrogens is 5. The van der Waals surface area contributed by atoms with Crippen LogP contribution in [0.2, 0.25) is 10.2 Å². The second kappa shape index (κ2) is 7.31. The van der Waals surface area contributed by atoms with Crippen LogP contribution in [0.25, 0.3) is 17.1 Å². The number of terminal acetylenes is 1. The third-order valence-electron chi connectivity index (χ3n) is 3.73. The minimum absolute atomic E-state index is 0.0493. The molecule has 0 unspecified atom stereocenters. The Morgan fingerprint density at radius 2 is 2.00 bits per heavy atom. The molecule has 0 saturated carbocycles. The van der Waals surface area contributed by atoms with Crippen LogP contribution in [-0.4, -0.2) is 24.1 Å². The van der Waals surface area contributed by atoms with Gasteiger partial charge in [-0.2, -0.15) is 0 Å². The van der Waals surface area contributed by atoms with Crippen molar-refractivity contribution < 1.29 is 4.39 Å². The first-order valence-electron chi connectivity index (χ1n) is 7.44. The van der Waals surface area contributed by atoms with Gasteiger partial charge in [-0.1, -0.05) is 29.1 Å². The van der Waals surface area contributed by atoms with Crippen molar-refractivity contribution in [1.82, 2.24) is 24.1 Å². The summed E-state index contributed by atoms with van der Waals surface area (Å²) in [6.07, 6.45) is 8.84. The summed E-state index contributed by atoms with van der Waals surface area (Å²) in [5, 5.41) is -0.227. The third-order valence-corrected chi connectivity index (χ3v) is 4.20. The Bertz CT molecular complexity index is 1210. The van der Waals surface area contributed by atoms with Crippen LogP contribution in [0.15, 0.2) is 34.2 Å². The summed E-state index contributed by atoms with van der Waals surface area (Å²) < 4.78 is 15.5. The van der Waals surface area contributed by atoms with E-state index in [4.69, 9.17) is 29.6 Å². The van der Waals surface area contributed by atoms with Gasteiger partial charge < -0.3 is 0 Å². The first kappa shape index (κ1) is 18.8. The molecular formula is C17H10Cl2FN5O2. The SMILES string of the molecule is C#CCn1c(C)c(-c2ncc(F)c(Cl)n2)c(=O)n(-c2cncc(Cl)c2)c1=O. The van der Waals surface area contributed by atoms with Gasteiger partial charge in [-0.25, -0.2) is 23.7 Å². The normalized spacial score (nSPS) is 10.6. The molecule has 0 aromatic carbocycles. The maximum Gasteiger partial charge on any atom is 0.336 e. The van der Waals surface area contributed by atoms with Crippen molar-refractivity contribution in [3.63, 3.8) is 0 Å². The molecule has 0 aliphatic rings. The van der Waals surface area contributed by atoms with E-state index < -0.39 is 22.2 Å². The molecule has 3 heterocycles. The van der Waals surface area contributed by atoms with Crippen LogP contribution in [0.3, 0.4) is 0 Å². The van der Waals surface area contributed by atoms with Crippen LogP contribution in [0, 0.1) is 25.1 Å². The Labute approximate surface area is 162 Å². The third kappa shape index (κ3) is 3.35. The molecule has 0 atom stereocenters. The highest BCUT2D eigenvalue weighted by Crippen LogP contribution is 2.19. The zero-order valence-corrected chi connectivity index (χ0v) is 15.3. The van der Waals surface area contributed by atoms with Crippen LogP contribution >= 0.6 is 23.2 Å². The molecule has 0 fully saturated rings. The van der Waals surface area contributed by atoms with Crippen LogP contribution in [-0.2, 0) is 6.54 Å². The van der Waals surface area contributed by atoms with Crippen LogP contribution in [0.4, 0.5) is 4.39 Å². The smallest absolute Gasteiger partial charge is 0.285 e. The van der Waals surface area contributed by atoms with E-state index in [-0.39, 0.29) is 34.3 Å². The van der Waals surface area contributed by atoms with Gasteiger partial charge in [0, 0.05) is 11.9 Å². The fourth-order valence-corrected chi connectivity index (χ4v) is 2.80. The quantitative estimate of drug-likeness (QED) is 0.492. The molecule has 0 radical (unpaired) electrons. The van der Waals surface area contributed by atoms with E-state index in [1.165, 1.54) is 30.0 Å². The number of hydrogen-bond acceptors (Lipinski definition) is 5. The summed E-state index contributed by atoms with van der Waals surface area (Å²) in [7, 11) is 0. The highest BCUT2D eigenvalue weighted by molar-refractivity contribution is 6.30. The summed E-state index contributed by atoms with van der Waals surface area (Å²) in [4.78, 5) is 37.4. The molecule has 0 amide bonds. The van der Waals surface area contributed by atoms with Crippen molar-refractivity contribution in [1.29, 1.82) is 0 Å². The minimum atomic E-state index is -0.839. The molecule has 3 aromatic heterocycles. The summed E-state index contributed by atoms with van der Waals surface area (Å²) in [6, 6.07) is 1.40. The topological polar surface area (TPSA) is 82.7 Å². The molecule has 27 heavy (non-hydrogen) atoms. The van der Waals surface area contributed by atoms with E-state index in [1.807, 2.05) is 0 Å². The van der Waals surface area contributed by atoms with Crippen molar-refractivity contribution in [2.24, 2.45) is 0 Å². The average molecular weight is 406 g/mol. The van der Waals surface area contributed by atoms with E-state index in [1.54, 1.807) is 0 Å². The van der Waals surface area contributed by atoms with Gasteiger partial charge in [0.1, 0.15) is 5.56 Å². The Balaban J connectivity index is 2.44. The Kier molecular flexibility index (Phi) is 5.08. The number of nitrogens with zero attached hydrogens (tertiary/aromatic N) is 5. The van der Waals surface area contributed by atoms with Gasteiger partial charge in [0.2, 0.25) is 0 Å². The molecule has 136 valence electrons. The lowest BCUT2D eigenvalue weighted by Gasteiger charge is -2.15. The summed E-state index contributed by atoms with van der Waals surface area (Å²) in [5.41, 5.74) is -1.12. The highest BCUT2D eigenvalue weighted by Gasteiger charge is 2.21. The van der Waals surface area contributed by atoms with E-state index in [0.29, 0.717) is 0 Å². The van der Waals surface area contributed by atoms with Crippen molar-refractivity contribution in [3.8, 4) is 29.4 Å². The summed E-state index contributed by atoms with van der Waals surface area (Å²) in [5.74, 6) is 1.37. The number of pyridine rings is 1. The summed E-state index contributed by atoms with van der Waals surface area (Å²) in [6.45, 7) is 1.40. The van der Waals surface area contributed by atoms with Crippen molar-refractivity contribution in [2.75, 3.05) is 0 Å². The standard InChI is InChI=1S/C17H10Cl2FN5O2/c1-3-4-24-9(2)13(15-22-8-12(20)14(19)23-15)16(26)25(17(24)27)11-5-10(18)6-21-7-11/h1,5-8H,4H2,2H3. The molecular weight excluding hydrogens is 396 g/mol. The molecule has 3 aromatic rings. The molecule has 0 aliphatic heterocycles. The lowest BCUT2D eigenvalue weighted by Crippen LogP contribution is -2.41. The summed E-state index contributed by atoms with van der Waals surface area (Å²) >= 11 is 11.6. The number of rotatable bonds is 3. The van der Waals surface area contributed by atoms with Gasteiger partial charge >= 0.3 is 5.69 Å². The molecule has 10 heteroatoms. The van der Waals surface area contributed by atoms with Crippen molar-refractivity contribution in [3.05, 3.63) is 67.2 Å². The largest absolute Gasteiger partial charge is 0.336 e. The van der Waals surface area contributed by atoms with Crippen LogP contribution < -0.4 is 11.2 Å². The highest BCUT2D eigenvalue weighted by atomic mass is 35.5. The van der Waals surface area contributed by atoms with Gasteiger partial charge in [-0.3, -0.25) is 14.3 Å². The van der Waals surface area contributed by atoms with Gasteiger partial charge in [0.15, 0.2) is 16.8 Å². The monoisotopic (exact) mass is 405 g/mol. The van der Waals surface area contributed by atoms with Crippen molar-refractivity contribution >= 4 is 23.2 Å². The zero-order valence-electron chi connectivity index (χ0n) is 13.8. The first-order chi connectivity index (χ1) is 12.8. The number of hydrogen-bond donors (Lipinski definition) is 0. The fourth-order valence-electron chi connectivity index (χ4n) is 2.50. The van der Waals surface area contributed by atoms with Gasteiger partial charge in [-0.15, -0.1) is 6.42 Å². The molecule has 0 saturated heterocycles. The van der Waals surface area contributed by atoms with E-state index in [2.05, 4.69) is 20.9 Å². The molecule has 0 N–H and O–H groups in total. The lowest BCUT2D eigenvalue weighted by atomic mass is 10.2. The first-order valence-corrected chi connectivity index (χ1v) is 8.20.